The summed E-state index contributed by atoms with van der Waals surface area (Å²) in [5, 5.41) is 0. The van der Waals surface area contributed by atoms with Crippen molar-refractivity contribution in [1.29, 1.82) is 0 Å². The van der Waals surface area contributed by atoms with Crippen LogP contribution >= 0.6 is 22.6 Å². The van der Waals surface area contributed by atoms with Crippen LogP contribution in [-0.2, 0) is 0 Å². The summed E-state index contributed by atoms with van der Waals surface area (Å²) in [6.07, 6.45) is 3.46. The number of halogens is 1. The Morgan fingerprint density at radius 1 is 1.32 bits per heavy atom. The summed E-state index contributed by atoms with van der Waals surface area (Å²) in [5.41, 5.74) is 1.27. The number of fused-ring (bicyclic) bond motifs is 1. The van der Waals surface area contributed by atoms with Crippen LogP contribution in [0.3, 0.4) is 0 Å². The highest BCUT2D eigenvalue weighted by Crippen LogP contribution is 2.26. The highest BCUT2D eigenvalue weighted by atomic mass is 127. The second-order valence-corrected chi connectivity index (χ2v) is 6.19. The second kappa shape index (κ2) is 5.48. The normalized spacial score (nSPS) is 11.5. The monoisotopic (exact) mass is 372 g/mol. The molecule has 0 aromatic carbocycles. The van der Waals surface area contributed by atoms with Crippen LogP contribution in [-0.4, -0.2) is 15.5 Å². The summed E-state index contributed by atoms with van der Waals surface area (Å²) in [6.45, 7) is 7.90. The molecule has 4 nitrogen and oxygen atoms in total. The molecule has 0 aliphatic rings. The van der Waals surface area contributed by atoms with Gasteiger partial charge in [0.2, 0.25) is 0 Å². The Kier molecular flexibility index (Phi) is 4.13. The minimum atomic E-state index is -0.0231. The lowest BCUT2D eigenvalue weighted by atomic mass is 10.1. The van der Waals surface area contributed by atoms with Crippen LogP contribution in [0.15, 0.2) is 23.3 Å². The Labute approximate surface area is 126 Å². The Morgan fingerprint density at radius 3 is 2.58 bits per heavy atom. The number of rotatable bonds is 3. The van der Waals surface area contributed by atoms with Crippen molar-refractivity contribution in [2.45, 2.75) is 39.7 Å². The highest BCUT2D eigenvalue weighted by Gasteiger charge is 2.14. The zero-order chi connectivity index (χ0) is 14.2. The third-order valence-corrected chi connectivity index (χ3v) is 3.63. The van der Waals surface area contributed by atoms with Gasteiger partial charge in [0.1, 0.15) is 0 Å². The van der Waals surface area contributed by atoms with Crippen LogP contribution in [0, 0.1) is 3.57 Å². The van der Waals surface area contributed by atoms with Crippen molar-refractivity contribution in [1.82, 2.24) is 9.38 Å². The molecule has 2 heterocycles. The standard InChI is InChI=1S/C14H17IN2O2/c1-8(2)10-7-16-13-12(19-9(3)4)11(15)5-6-17(13)14(10)18/h5-9H,1-4H3. The van der Waals surface area contributed by atoms with Crippen molar-refractivity contribution in [3.8, 4) is 5.75 Å². The molecule has 0 N–H and O–H groups in total. The lowest BCUT2D eigenvalue weighted by Gasteiger charge is -2.15. The van der Waals surface area contributed by atoms with Gasteiger partial charge >= 0.3 is 0 Å². The molecule has 0 unspecified atom stereocenters. The van der Waals surface area contributed by atoms with Crippen molar-refractivity contribution < 1.29 is 4.74 Å². The van der Waals surface area contributed by atoms with Gasteiger partial charge in [-0.2, -0.15) is 0 Å². The number of nitrogens with zero attached hydrogens (tertiary/aromatic N) is 2. The van der Waals surface area contributed by atoms with Crippen LogP contribution < -0.4 is 10.3 Å². The second-order valence-electron chi connectivity index (χ2n) is 5.03. The van der Waals surface area contributed by atoms with Gasteiger partial charge in [-0.25, -0.2) is 4.98 Å². The van der Waals surface area contributed by atoms with Gasteiger partial charge in [-0.15, -0.1) is 0 Å². The van der Waals surface area contributed by atoms with Crippen molar-refractivity contribution in [2.75, 3.05) is 0 Å². The van der Waals surface area contributed by atoms with E-state index in [4.69, 9.17) is 4.74 Å². The maximum atomic E-state index is 12.4. The number of pyridine rings is 1. The minimum Gasteiger partial charge on any atom is -0.486 e. The van der Waals surface area contributed by atoms with Crippen LogP contribution in [0.4, 0.5) is 0 Å². The predicted octanol–water partition coefficient (Wildman–Crippen LogP) is 3.21. The fourth-order valence-corrected chi connectivity index (χ4v) is 2.38. The molecule has 0 aliphatic carbocycles. The topological polar surface area (TPSA) is 43.6 Å². The molecule has 2 aromatic rings. The molecule has 0 radical (unpaired) electrons. The lowest BCUT2D eigenvalue weighted by Crippen LogP contribution is -2.21. The van der Waals surface area contributed by atoms with Gasteiger partial charge in [0.05, 0.1) is 9.67 Å². The summed E-state index contributed by atoms with van der Waals surface area (Å²) in [7, 11) is 0. The fraction of sp³-hybridized carbons (Fsp3) is 0.429. The van der Waals surface area contributed by atoms with Gasteiger partial charge in [-0.05, 0) is 48.4 Å². The SMILES string of the molecule is CC(C)Oc1c(I)ccn2c(=O)c(C(C)C)cnc12. The number of hydrogen-bond donors (Lipinski definition) is 0. The molecule has 0 saturated carbocycles. The van der Waals surface area contributed by atoms with Crippen LogP contribution in [0.25, 0.3) is 5.65 Å². The molecule has 5 heteroatoms. The van der Waals surface area contributed by atoms with E-state index < -0.39 is 0 Å². The molecule has 0 bridgehead atoms. The zero-order valence-corrected chi connectivity index (χ0v) is 13.6. The van der Waals surface area contributed by atoms with Gasteiger partial charge in [0.25, 0.3) is 5.56 Å². The summed E-state index contributed by atoms with van der Waals surface area (Å²) in [5.74, 6) is 0.830. The van der Waals surface area contributed by atoms with E-state index in [0.717, 1.165) is 3.57 Å². The third kappa shape index (κ3) is 2.75. The quantitative estimate of drug-likeness (QED) is 0.778. The first kappa shape index (κ1) is 14.3. The van der Waals surface area contributed by atoms with E-state index in [1.165, 1.54) is 0 Å². The summed E-state index contributed by atoms with van der Waals surface area (Å²) in [4.78, 5) is 16.8. The van der Waals surface area contributed by atoms with Crippen molar-refractivity contribution in [3.63, 3.8) is 0 Å². The van der Waals surface area contributed by atoms with Crippen LogP contribution in [0.1, 0.15) is 39.2 Å². The molecular formula is C14H17IN2O2. The zero-order valence-electron chi connectivity index (χ0n) is 11.5. The van der Waals surface area contributed by atoms with Gasteiger partial charge in [-0.1, -0.05) is 13.8 Å². The molecular weight excluding hydrogens is 355 g/mol. The van der Waals surface area contributed by atoms with E-state index in [2.05, 4.69) is 27.6 Å². The summed E-state index contributed by atoms with van der Waals surface area (Å²) < 4.78 is 8.30. The first-order valence-corrected chi connectivity index (χ1v) is 7.36. The molecule has 19 heavy (non-hydrogen) atoms. The Hall–Kier alpha value is -1.11. The van der Waals surface area contributed by atoms with Crippen molar-refractivity contribution in [2.24, 2.45) is 0 Å². The summed E-state index contributed by atoms with van der Waals surface area (Å²) >= 11 is 2.20. The van der Waals surface area contributed by atoms with E-state index in [1.54, 1.807) is 16.8 Å². The molecule has 2 aromatic heterocycles. The van der Waals surface area contributed by atoms with Crippen LogP contribution in [0.2, 0.25) is 0 Å². The smallest absolute Gasteiger partial charge is 0.261 e. The van der Waals surface area contributed by atoms with E-state index in [1.807, 2.05) is 33.8 Å². The molecule has 0 amide bonds. The van der Waals surface area contributed by atoms with Crippen molar-refractivity contribution in [3.05, 3.63) is 37.9 Å². The van der Waals surface area contributed by atoms with E-state index >= 15 is 0 Å². The fourth-order valence-electron chi connectivity index (χ4n) is 1.85. The maximum absolute atomic E-state index is 12.4. The lowest BCUT2D eigenvalue weighted by molar-refractivity contribution is 0.242. The summed E-state index contributed by atoms with van der Waals surface area (Å²) in [6, 6.07) is 1.87. The van der Waals surface area contributed by atoms with E-state index in [-0.39, 0.29) is 17.6 Å². The number of aromatic nitrogens is 2. The van der Waals surface area contributed by atoms with E-state index in [9.17, 15) is 4.79 Å². The Bertz CT molecular complexity index is 662. The first-order chi connectivity index (χ1) is 8.91. The van der Waals surface area contributed by atoms with Gasteiger partial charge in [0.15, 0.2) is 11.4 Å². The minimum absolute atomic E-state index is 0.0231. The van der Waals surface area contributed by atoms with Gasteiger partial charge < -0.3 is 4.74 Å². The predicted molar refractivity (Wildman–Crippen MR) is 84.0 cm³/mol. The molecule has 0 fully saturated rings. The van der Waals surface area contributed by atoms with Crippen molar-refractivity contribution >= 4 is 28.2 Å². The number of ether oxygens (including phenoxy) is 1. The average Bonchev–Trinajstić information content (AvgIpc) is 2.32. The molecule has 0 saturated heterocycles. The number of hydrogen-bond acceptors (Lipinski definition) is 3. The van der Waals surface area contributed by atoms with Gasteiger partial charge in [-0.3, -0.25) is 9.20 Å². The third-order valence-electron chi connectivity index (χ3n) is 2.79. The Morgan fingerprint density at radius 2 is 2.00 bits per heavy atom. The molecule has 2 rings (SSSR count). The molecule has 102 valence electrons. The van der Waals surface area contributed by atoms with Gasteiger partial charge in [0, 0.05) is 18.0 Å². The largest absolute Gasteiger partial charge is 0.486 e. The van der Waals surface area contributed by atoms with Crippen LogP contribution in [0.5, 0.6) is 5.75 Å². The average molecular weight is 372 g/mol. The van der Waals surface area contributed by atoms with E-state index in [0.29, 0.717) is 17.0 Å². The Balaban J connectivity index is 2.74. The maximum Gasteiger partial charge on any atom is 0.261 e. The molecule has 0 spiro atoms. The molecule has 0 aliphatic heterocycles. The first-order valence-electron chi connectivity index (χ1n) is 6.28. The molecule has 0 atom stereocenters. The highest BCUT2D eigenvalue weighted by molar-refractivity contribution is 14.1.